The molecule has 170 valence electrons. The van der Waals surface area contributed by atoms with Crippen molar-refractivity contribution in [2.75, 3.05) is 26.4 Å². The molecule has 0 amide bonds. The van der Waals surface area contributed by atoms with Crippen LogP contribution in [0, 0.1) is 10.8 Å². The molecule has 0 saturated heterocycles. The third kappa shape index (κ3) is 11.6. The van der Waals surface area contributed by atoms with Gasteiger partial charge >= 0.3 is 0 Å². The van der Waals surface area contributed by atoms with E-state index in [0.717, 1.165) is 25.7 Å². The van der Waals surface area contributed by atoms with Crippen LogP contribution in [0.25, 0.3) is 0 Å². The molecule has 0 aliphatic heterocycles. The second-order valence-corrected chi connectivity index (χ2v) is 10.1. The number of ketones is 2. The van der Waals surface area contributed by atoms with Crippen LogP contribution in [0.1, 0.15) is 78.4 Å². The van der Waals surface area contributed by atoms with Crippen LogP contribution in [-0.2, 0) is 31.9 Å². The van der Waals surface area contributed by atoms with Crippen LogP contribution in [0.2, 0.25) is 0 Å². The lowest BCUT2D eigenvalue weighted by Gasteiger charge is -2.16. The first kappa shape index (κ1) is 26.5. The van der Waals surface area contributed by atoms with Crippen LogP contribution in [-0.4, -0.2) is 38.0 Å². The van der Waals surface area contributed by atoms with Gasteiger partial charge in [-0.2, -0.15) is 0 Å². The van der Waals surface area contributed by atoms with Gasteiger partial charge in [0.25, 0.3) is 0 Å². The van der Waals surface area contributed by atoms with Gasteiger partial charge in [0.15, 0.2) is 0 Å². The Kier molecular flexibility index (Phi) is 11.5. The molecule has 0 bridgehead atoms. The van der Waals surface area contributed by atoms with Crippen molar-refractivity contribution in [3.05, 3.63) is 35.4 Å². The van der Waals surface area contributed by atoms with E-state index in [2.05, 4.69) is 24.3 Å². The predicted octanol–water partition coefficient (Wildman–Crippen LogP) is 5.60. The summed E-state index contributed by atoms with van der Waals surface area (Å²) < 4.78 is 11.3. The summed E-state index contributed by atoms with van der Waals surface area (Å²) in [5.74, 6) is 0.591. The standard InChI is InChI=1S/C26H42O4/c1-25(2,3)23(27)9-7-17-29-19-15-21-11-13-22(14-12-21)16-20-30-18-8-10-24(28)26(4,5)6/h11-14H,7-10,15-20H2,1-6H3. The highest BCUT2D eigenvalue weighted by molar-refractivity contribution is 5.83. The van der Waals surface area contributed by atoms with Gasteiger partial charge in [-0.05, 0) is 36.8 Å². The lowest BCUT2D eigenvalue weighted by Crippen LogP contribution is -2.20. The third-order valence-corrected chi connectivity index (χ3v) is 5.15. The highest BCUT2D eigenvalue weighted by Gasteiger charge is 2.20. The van der Waals surface area contributed by atoms with Gasteiger partial charge in [0.1, 0.15) is 11.6 Å². The average Bonchev–Trinajstić information content (AvgIpc) is 2.66. The van der Waals surface area contributed by atoms with E-state index < -0.39 is 0 Å². The van der Waals surface area contributed by atoms with E-state index in [1.807, 2.05) is 41.5 Å². The molecule has 0 aliphatic carbocycles. The van der Waals surface area contributed by atoms with E-state index >= 15 is 0 Å². The van der Waals surface area contributed by atoms with E-state index in [-0.39, 0.29) is 10.8 Å². The summed E-state index contributed by atoms with van der Waals surface area (Å²) >= 11 is 0. The fourth-order valence-electron chi connectivity index (χ4n) is 2.88. The molecule has 0 aliphatic rings. The molecule has 30 heavy (non-hydrogen) atoms. The summed E-state index contributed by atoms with van der Waals surface area (Å²) in [6, 6.07) is 8.57. The van der Waals surface area contributed by atoms with E-state index in [1.54, 1.807) is 0 Å². The van der Waals surface area contributed by atoms with Crippen molar-refractivity contribution < 1.29 is 19.1 Å². The van der Waals surface area contributed by atoms with Gasteiger partial charge in [0.05, 0.1) is 13.2 Å². The maximum Gasteiger partial charge on any atom is 0.138 e. The second-order valence-electron chi connectivity index (χ2n) is 10.1. The van der Waals surface area contributed by atoms with Crippen LogP contribution in [0.3, 0.4) is 0 Å². The molecular formula is C26H42O4. The molecule has 0 spiro atoms. The summed E-state index contributed by atoms with van der Waals surface area (Å²) in [6.07, 6.45) is 4.52. The van der Waals surface area contributed by atoms with Gasteiger partial charge in [-0.15, -0.1) is 0 Å². The molecular weight excluding hydrogens is 376 g/mol. The number of carbonyl (C=O) groups is 2. The van der Waals surface area contributed by atoms with Crippen molar-refractivity contribution in [2.45, 2.75) is 80.1 Å². The lowest BCUT2D eigenvalue weighted by molar-refractivity contribution is -0.127. The quantitative estimate of drug-likeness (QED) is 0.369. The first-order valence-corrected chi connectivity index (χ1v) is 11.3. The molecule has 1 aromatic rings. The number of carbonyl (C=O) groups excluding carboxylic acids is 2. The molecule has 0 aromatic heterocycles. The number of hydrogen-bond acceptors (Lipinski definition) is 4. The predicted molar refractivity (Wildman–Crippen MR) is 123 cm³/mol. The molecule has 1 aromatic carbocycles. The number of rotatable bonds is 14. The van der Waals surface area contributed by atoms with Gasteiger partial charge < -0.3 is 9.47 Å². The topological polar surface area (TPSA) is 52.6 Å². The van der Waals surface area contributed by atoms with Crippen LogP contribution in [0.4, 0.5) is 0 Å². The monoisotopic (exact) mass is 418 g/mol. The molecule has 4 nitrogen and oxygen atoms in total. The summed E-state index contributed by atoms with van der Waals surface area (Å²) in [4.78, 5) is 23.7. The van der Waals surface area contributed by atoms with E-state index in [1.165, 1.54) is 11.1 Å². The normalized spacial score (nSPS) is 12.2. The molecule has 0 fully saturated rings. The smallest absolute Gasteiger partial charge is 0.138 e. The largest absolute Gasteiger partial charge is 0.381 e. The molecule has 0 radical (unpaired) electrons. The van der Waals surface area contributed by atoms with E-state index in [9.17, 15) is 9.59 Å². The Hall–Kier alpha value is -1.52. The molecule has 0 saturated carbocycles. The molecule has 4 heteroatoms. The Morgan fingerprint density at radius 3 is 1.27 bits per heavy atom. The number of benzene rings is 1. The van der Waals surface area contributed by atoms with Gasteiger partial charge in [-0.3, -0.25) is 9.59 Å². The number of hydrogen-bond donors (Lipinski definition) is 0. The van der Waals surface area contributed by atoms with E-state index in [0.29, 0.717) is 50.8 Å². The summed E-state index contributed by atoms with van der Waals surface area (Å²) in [5, 5.41) is 0. The highest BCUT2D eigenvalue weighted by Crippen LogP contribution is 2.18. The van der Waals surface area contributed by atoms with E-state index in [4.69, 9.17) is 9.47 Å². The molecule has 0 unspecified atom stereocenters. The van der Waals surface area contributed by atoms with Crippen LogP contribution in [0.5, 0.6) is 0 Å². The summed E-state index contributed by atoms with van der Waals surface area (Å²) in [7, 11) is 0. The molecule has 0 heterocycles. The Morgan fingerprint density at radius 1 is 0.633 bits per heavy atom. The van der Waals surface area contributed by atoms with Gasteiger partial charge in [0, 0.05) is 36.9 Å². The SMILES string of the molecule is CC(C)(C)C(=O)CCCOCCc1ccc(CCOCCCC(=O)C(C)(C)C)cc1. The minimum atomic E-state index is -0.252. The zero-order valence-corrected chi connectivity index (χ0v) is 20.0. The van der Waals surface area contributed by atoms with Crippen molar-refractivity contribution in [1.82, 2.24) is 0 Å². The van der Waals surface area contributed by atoms with Crippen molar-refractivity contribution in [1.29, 1.82) is 0 Å². The van der Waals surface area contributed by atoms with Gasteiger partial charge in [-0.1, -0.05) is 65.8 Å². The Bertz CT molecular complexity index is 575. The average molecular weight is 419 g/mol. The first-order chi connectivity index (χ1) is 14.0. The van der Waals surface area contributed by atoms with Gasteiger partial charge in [-0.25, -0.2) is 0 Å². The fraction of sp³-hybridized carbons (Fsp3) is 0.692. The van der Waals surface area contributed by atoms with Crippen molar-refractivity contribution in [3.8, 4) is 0 Å². The molecule has 0 N–H and O–H groups in total. The lowest BCUT2D eigenvalue weighted by atomic mass is 9.88. The minimum absolute atomic E-state index is 0.252. The maximum absolute atomic E-state index is 11.9. The Morgan fingerprint density at radius 2 is 0.967 bits per heavy atom. The Balaban J connectivity index is 2.10. The first-order valence-electron chi connectivity index (χ1n) is 11.3. The van der Waals surface area contributed by atoms with Crippen molar-refractivity contribution in [3.63, 3.8) is 0 Å². The number of ether oxygens (including phenoxy) is 2. The molecule has 0 atom stereocenters. The fourth-order valence-corrected chi connectivity index (χ4v) is 2.88. The van der Waals surface area contributed by atoms with Crippen molar-refractivity contribution in [2.24, 2.45) is 10.8 Å². The Labute approximate surface area is 183 Å². The maximum atomic E-state index is 11.9. The van der Waals surface area contributed by atoms with Crippen molar-refractivity contribution >= 4 is 11.6 Å². The zero-order valence-electron chi connectivity index (χ0n) is 20.0. The summed E-state index contributed by atoms with van der Waals surface area (Å²) in [6.45, 7) is 14.4. The second kappa shape index (κ2) is 13.0. The number of Topliss-reactive ketones (excluding diaryl/α,β-unsaturated/α-hetero) is 2. The highest BCUT2D eigenvalue weighted by atomic mass is 16.5. The van der Waals surface area contributed by atoms with Crippen LogP contribution >= 0.6 is 0 Å². The van der Waals surface area contributed by atoms with Crippen LogP contribution in [0.15, 0.2) is 24.3 Å². The zero-order chi connectivity index (χ0) is 22.6. The minimum Gasteiger partial charge on any atom is -0.381 e. The van der Waals surface area contributed by atoms with Gasteiger partial charge in [0.2, 0.25) is 0 Å². The molecule has 1 rings (SSSR count). The summed E-state index contributed by atoms with van der Waals surface area (Å²) in [5.41, 5.74) is 2.01. The third-order valence-electron chi connectivity index (χ3n) is 5.15. The van der Waals surface area contributed by atoms with Crippen LogP contribution < -0.4 is 0 Å².